The third-order valence-electron chi connectivity index (χ3n) is 4.03. The molecule has 0 radical (unpaired) electrons. The first-order valence-electron chi connectivity index (χ1n) is 7.58. The predicted molar refractivity (Wildman–Crippen MR) is 72.2 cm³/mol. The van der Waals surface area contributed by atoms with Gasteiger partial charge >= 0.3 is 0 Å². The topological polar surface area (TPSA) is 21.3 Å². The smallest absolute Gasteiger partial charge is 0.0806 e. The zero-order valence-corrected chi connectivity index (χ0v) is 11.6. The Kier molecular flexibility index (Phi) is 4.87. The highest BCUT2D eigenvalue weighted by molar-refractivity contribution is 4.90. The fourth-order valence-electron chi connectivity index (χ4n) is 2.71. The van der Waals surface area contributed by atoms with E-state index in [-0.39, 0.29) is 5.60 Å². The minimum Gasteiger partial charge on any atom is -0.373 e. The second-order valence-corrected chi connectivity index (χ2v) is 6.46. The van der Waals surface area contributed by atoms with E-state index < -0.39 is 0 Å². The molecule has 1 N–H and O–H groups in total. The van der Waals surface area contributed by atoms with E-state index in [4.69, 9.17) is 4.74 Å². The first-order valence-corrected chi connectivity index (χ1v) is 7.58. The van der Waals surface area contributed by atoms with Gasteiger partial charge in [0.25, 0.3) is 0 Å². The first-order chi connectivity index (χ1) is 8.20. The Morgan fingerprint density at radius 1 is 1.12 bits per heavy atom. The maximum Gasteiger partial charge on any atom is 0.0806 e. The summed E-state index contributed by atoms with van der Waals surface area (Å²) in [5.74, 6) is 0.649. The zero-order valence-electron chi connectivity index (χ0n) is 11.6. The van der Waals surface area contributed by atoms with E-state index in [1.54, 1.807) is 0 Å². The molecule has 0 amide bonds. The van der Waals surface area contributed by atoms with Gasteiger partial charge in [0.15, 0.2) is 0 Å². The van der Waals surface area contributed by atoms with E-state index in [0.717, 1.165) is 19.2 Å². The van der Waals surface area contributed by atoms with Gasteiger partial charge in [-0.05, 0) is 31.6 Å². The molecule has 0 unspecified atom stereocenters. The van der Waals surface area contributed by atoms with Crippen molar-refractivity contribution in [2.24, 2.45) is 5.92 Å². The molecule has 0 atom stereocenters. The number of nitrogens with one attached hydrogen (secondary N) is 1. The number of hydrogen-bond donors (Lipinski definition) is 1. The van der Waals surface area contributed by atoms with Crippen LogP contribution >= 0.6 is 0 Å². The second kappa shape index (κ2) is 6.19. The van der Waals surface area contributed by atoms with Gasteiger partial charge in [0.05, 0.1) is 5.60 Å². The average Bonchev–Trinajstić information content (AvgIpc) is 3.12. The first kappa shape index (κ1) is 13.4. The highest BCUT2D eigenvalue weighted by Gasteiger charge is 2.34. The van der Waals surface area contributed by atoms with Crippen molar-refractivity contribution in [3.05, 3.63) is 0 Å². The predicted octanol–water partition coefficient (Wildman–Crippen LogP) is 3.50. The molecule has 2 saturated carbocycles. The Morgan fingerprint density at radius 3 is 2.29 bits per heavy atom. The Labute approximate surface area is 107 Å². The van der Waals surface area contributed by atoms with E-state index in [1.807, 2.05) is 0 Å². The van der Waals surface area contributed by atoms with Gasteiger partial charge < -0.3 is 10.1 Å². The molecule has 17 heavy (non-hydrogen) atoms. The Morgan fingerprint density at radius 2 is 1.76 bits per heavy atom. The highest BCUT2D eigenvalue weighted by Crippen LogP contribution is 2.31. The van der Waals surface area contributed by atoms with Gasteiger partial charge in [0, 0.05) is 19.2 Å². The minimum atomic E-state index is 0.156. The van der Waals surface area contributed by atoms with Gasteiger partial charge in [0.1, 0.15) is 0 Å². The summed E-state index contributed by atoms with van der Waals surface area (Å²) in [7, 11) is 0. The Bertz CT molecular complexity index is 207. The van der Waals surface area contributed by atoms with E-state index in [9.17, 15) is 0 Å². The van der Waals surface area contributed by atoms with Gasteiger partial charge in [-0.1, -0.05) is 39.5 Å². The van der Waals surface area contributed by atoms with Crippen molar-refractivity contribution < 1.29 is 4.74 Å². The minimum absolute atomic E-state index is 0.156. The Hall–Kier alpha value is -0.0800. The molecule has 2 fully saturated rings. The van der Waals surface area contributed by atoms with Crippen LogP contribution in [-0.2, 0) is 4.74 Å². The molecule has 0 aromatic rings. The van der Waals surface area contributed by atoms with Crippen LogP contribution in [0.1, 0.15) is 65.2 Å². The van der Waals surface area contributed by atoms with E-state index in [1.165, 1.54) is 51.4 Å². The summed E-state index contributed by atoms with van der Waals surface area (Å²) in [6.07, 6.45) is 10.8. The molecule has 2 nitrogen and oxygen atoms in total. The van der Waals surface area contributed by atoms with E-state index in [0.29, 0.717) is 5.92 Å². The molecular formula is C15H29NO. The maximum absolute atomic E-state index is 6.33. The van der Waals surface area contributed by atoms with Gasteiger partial charge in [-0.15, -0.1) is 0 Å². The lowest BCUT2D eigenvalue weighted by Gasteiger charge is -2.34. The summed E-state index contributed by atoms with van der Waals surface area (Å²) in [4.78, 5) is 0. The molecule has 2 aliphatic carbocycles. The van der Waals surface area contributed by atoms with Crippen molar-refractivity contribution in [1.29, 1.82) is 0 Å². The largest absolute Gasteiger partial charge is 0.373 e. The fourth-order valence-corrected chi connectivity index (χ4v) is 2.71. The molecule has 2 rings (SSSR count). The van der Waals surface area contributed by atoms with Crippen LogP contribution in [0.5, 0.6) is 0 Å². The number of rotatable bonds is 6. The lowest BCUT2D eigenvalue weighted by molar-refractivity contribution is -0.0657. The van der Waals surface area contributed by atoms with Crippen LogP contribution in [0.15, 0.2) is 0 Å². The molecule has 0 spiro atoms. The van der Waals surface area contributed by atoms with Crippen LogP contribution in [0.2, 0.25) is 0 Å². The lowest BCUT2D eigenvalue weighted by atomic mass is 9.93. The quantitative estimate of drug-likeness (QED) is 0.716. The van der Waals surface area contributed by atoms with Crippen molar-refractivity contribution in [1.82, 2.24) is 5.32 Å². The molecule has 0 saturated heterocycles. The summed E-state index contributed by atoms with van der Waals surface area (Å²) in [5.41, 5.74) is 0.156. The van der Waals surface area contributed by atoms with E-state index >= 15 is 0 Å². The normalized spacial score (nSPS) is 24.9. The summed E-state index contributed by atoms with van der Waals surface area (Å²) in [6, 6.07) is 0.803. The second-order valence-electron chi connectivity index (χ2n) is 6.46. The molecule has 0 aromatic heterocycles. The van der Waals surface area contributed by atoms with Crippen molar-refractivity contribution >= 4 is 0 Å². The fraction of sp³-hybridized carbons (Fsp3) is 1.00. The zero-order chi connectivity index (χ0) is 12.1. The molecule has 0 heterocycles. The monoisotopic (exact) mass is 239 g/mol. The molecule has 2 heteroatoms. The summed E-state index contributed by atoms with van der Waals surface area (Å²) in [6.45, 7) is 6.51. The van der Waals surface area contributed by atoms with E-state index in [2.05, 4.69) is 19.2 Å². The molecule has 100 valence electrons. The summed E-state index contributed by atoms with van der Waals surface area (Å²) in [5, 5.41) is 3.69. The van der Waals surface area contributed by atoms with Crippen LogP contribution in [0.25, 0.3) is 0 Å². The Balaban J connectivity index is 1.86. The maximum atomic E-state index is 6.33. The van der Waals surface area contributed by atoms with Crippen LogP contribution in [0, 0.1) is 5.92 Å². The summed E-state index contributed by atoms with van der Waals surface area (Å²) < 4.78 is 6.33. The lowest BCUT2D eigenvalue weighted by Crippen LogP contribution is -2.44. The third-order valence-corrected chi connectivity index (χ3v) is 4.03. The third kappa shape index (κ3) is 4.59. The van der Waals surface area contributed by atoms with Crippen LogP contribution in [0.4, 0.5) is 0 Å². The van der Waals surface area contributed by atoms with Crippen molar-refractivity contribution in [2.75, 3.05) is 13.2 Å². The molecule has 0 bridgehead atoms. The van der Waals surface area contributed by atoms with Crippen LogP contribution in [-0.4, -0.2) is 24.8 Å². The molecule has 0 aliphatic heterocycles. The van der Waals surface area contributed by atoms with Crippen molar-refractivity contribution in [2.45, 2.75) is 76.9 Å². The number of ether oxygens (including phenoxy) is 1. The molecular weight excluding hydrogens is 210 g/mol. The summed E-state index contributed by atoms with van der Waals surface area (Å²) >= 11 is 0. The van der Waals surface area contributed by atoms with Crippen LogP contribution < -0.4 is 5.32 Å². The van der Waals surface area contributed by atoms with Crippen molar-refractivity contribution in [3.63, 3.8) is 0 Å². The standard InChI is InChI=1S/C15H29NO/c1-13(2)11-17-15(12-16-14-7-8-14)9-5-3-4-6-10-15/h13-14,16H,3-12H2,1-2H3. The number of hydrogen-bond acceptors (Lipinski definition) is 2. The highest BCUT2D eigenvalue weighted by atomic mass is 16.5. The van der Waals surface area contributed by atoms with Gasteiger partial charge in [-0.3, -0.25) is 0 Å². The van der Waals surface area contributed by atoms with Gasteiger partial charge in [-0.25, -0.2) is 0 Å². The molecule has 2 aliphatic rings. The SMILES string of the molecule is CC(C)COC1(CNC2CC2)CCCCCC1. The van der Waals surface area contributed by atoms with Gasteiger partial charge in [0.2, 0.25) is 0 Å². The van der Waals surface area contributed by atoms with Gasteiger partial charge in [-0.2, -0.15) is 0 Å². The van der Waals surface area contributed by atoms with Crippen LogP contribution in [0.3, 0.4) is 0 Å². The van der Waals surface area contributed by atoms with Crippen molar-refractivity contribution in [3.8, 4) is 0 Å². The molecule has 0 aromatic carbocycles. The average molecular weight is 239 g/mol.